The van der Waals surface area contributed by atoms with E-state index >= 15 is 0 Å². The summed E-state index contributed by atoms with van der Waals surface area (Å²) >= 11 is 0. The third-order valence-corrected chi connectivity index (χ3v) is 5.15. The molecule has 4 aliphatic rings. The van der Waals surface area contributed by atoms with Gasteiger partial charge in [-0.3, -0.25) is 4.90 Å². The highest BCUT2D eigenvalue weighted by atomic mass is 15.2. The molecule has 3 aliphatic heterocycles. The zero-order valence-corrected chi connectivity index (χ0v) is 11.4. The van der Waals surface area contributed by atoms with Crippen molar-refractivity contribution in [3.8, 4) is 0 Å². The van der Waals surface area contributed by atoms with Crippen molar-refractivity contribution in [2.45, 2.75) is 50.7 Å². The van der Waals surface area contributed by atoms with Crippen molar-refractivity contribution in [1.82, 2.24) is 15.1 Å². The summed E-state index contributed by atoms with van der Waals surface area (Å²) in [6.07, 6.45) is 5.68. The highest BCUT2D eigenvalue weighted by molar-refractivity contribution is 4.92. The van der Waals surface area contributed by atoms with Crippen LogP contribution >= 0.6 is 0 Å². The average Bonchev–Trinajstić information content (AvgIpc) is 3.21. The van der Waals surface area contributed by atoms with Crippen LogP contribution in [-0.2, 0) is 0 Å². The minimum Gasteiger partial charge on any atom is -0.311 e. The number of piperidine rings is 3. The van der Waals surface area contributed by atoms with Crippen LogP contribution in [0.3, 0.4) is 0 Å². The molecule has 3 saturated heterocycles. The van der Waals surface area contributed by atoms with Crippen LogP contribution in [-0.4, -0.2) is 61.2 Å². The van der Waals surface area contributed by atoms with Gasteiger partial charge in [-0.05, 0) is 58.7 Å². The van der Waals surface area contributed by atoms with Gasteiger partial charge >= 0.3 is 0 Å². The van der Waals surface area contributed by atoms with Gasteiger partial charge in [0.1, 0.15) is 0 Å². The van der Waals surface area contributed by atoms with E-state index in [1.54, 1.807) is 0 Å². The normalized spacial score (nSPS) is 38.6. The van der Waals surface area contributed by atoms with Crippen LogP contribution in [0.4, 0.5) is 0 Å². The average molecular weight is 237 g/mol. The quantitative estimate of drug-likeness (QED) is 0.774. The lowest BCUT2D eigenvalue weighted by atomic mass is 9.84. The van der Waals surface area contributed by atoms with E-state index in [1.165, 1.54) is 51.9 Å². The predicted octanol–water partition coefficient (Wildman–Crippen LogP) is 1.15. The van der Waals surface area contributed by atoms with Crippen molar-refractivity contribution in [2.75, 3.05) is 33.2 Å². The molecule has 1 N–H and O–H groups in total. The number of nitrogens with zero attached hydrogens (tertiary/aromatic N) is 2. The lowest BCUT2D eigenvalue weighted by molar-refractivity contribution is 0.0688. The molecule has 2 bridgehead atoms. The summed E-state index contributed by atoms with van der Waals surface area (Å²) in [7, 11) is 2.29. The molecule has 0 aromatic heterocycles. The summed E-state index contributed by atoms with van der Waals surface area (Å²) in [6.45, 7) is 7.53. The number of hydrogen-bond donors (Lipinski definition) is 1. The maximum atomic E-state index is 3.83. The van der Waals surface area contributed by atoms with Crippen LogP contribution in [0.15, 0.2) is 0 Å². The van der Waals surface area contributed by atoms with E-state index in [4.69, 9.17) is 0 Å². The monoisotopic (exact) mass is 237 g/mol. The van der Waals surface area contributed by atoms with Crippen molar-refractivity contribution in [3.63, 3.8) is 0 Å². The molecule has 2 atom stereocenters. The Kier molecular flexibility index (Phi) is 3.42. The fourth-order valence-electron chi connectivity index (χ4n) is 3.50. The van der Waals surface area contributed by atoms with E-state index in [2.05, 4.69) is 29.1 Å². The van der Waals surface area contributed by atoms with E-state index in [1.807, 2.05) is 0 Å². The SMILES string of the molecule is CC(CNC1CN2CCC1CC2)N(C)C1CC1. The van der Waals surface area contributed by atoms with Crippen LogP contribution in [0.5, 0.6) is 0 Å². The first-order valence-electron chi connectivity index (χ1n) is 7.41. The number of likely N-dealkylation sites (N-methyl/N-ethyl adjacent to an activating group) is 1. The van der Waals surface area contributed by atoms with E-state index in [0.717, 1.165) is 18.0 Å². The van der Waals surface area contributed by atoms with Gasteiger partial charge in [-0.2, -0.15) is 0 Å². The first kappa shape index (κ1) is 11.9. The van der Waals surface area contributed by atoms with Gasteiger partial charge in [0.2, 0.25) is 0 Å². The summed E-state index contributed by atoms with van der Waals surface area (Å²) in [6, 6.07) is 2.35. The summed E-state index contributed by atoms with van der Waals surface area (Å²) in [4.78, 5) is 5.20. The smallest absolute Gasteiger partial charge is 0.0224 e. The van der Waals surface area contributed by atoms with Gasteiger partial charge < -0.3 is 10.2 Å². The molecule has 3 heteroatoms. The fourth-order valence-corrected chi connectivity index (χ4v) is 3.50. The molecule has 0 spiro atoms. The standard InChI is InChI=1S/C14H27N3/c1-11(16(2)13-3-4-13)9-15-14-10-17-7-5-12(14)6-8-17/h11-15H,3-10H2,1-2H3. The maximum Gasteiger partial charge on any atom is 0.0224 e. The minimum absolute atomic E-state index is 0.693. The number of fused-ring (bicyclic) bond motifs is 3. The van der Waals surface area contributed by atoms with Crippen molar-refractivity contribution < 1.29 is 0 Å². The highest BCUT2D eigenvalue weighted by Crippen LogP contribution is 2.28. The molecule has 0 aromatic carbocycles. The molecule has 4 rings (SSSR count). The Morgan fingerprint density at radius 3 is 2.47 bits per heavy atom. The van der Waals surface area contributed by atoms with Gasteiger partial charge in [0, 0.05) is 31.2 Å². The summed E-state index contributed by atoms with van der Waals surface area (Å²) in [5.41, 5.74) is 0. The second-order valence-electron chi connectivity index (χ2n) is 6.40. The zero-order chi connectivity index (χ0) is 11.8. The first-order valence-corrected chi connectivity index (χ1v) is 7.41. The summed E-state index contributed by atoms with van der Waals surface area (Å²) < 4.78 is 0. The van der Waals surface area contributed by atoms with Crippen molar-refractivity contribution in [3.05, 3.63) is 0 Å². The lowest BCUT2D eigenvalue weighted by Gasteiger charge is -2.45. The summed E-state index contributed by atoms with van der Waals surface area (Å²) in [5.74, 6) is 0.957. The van der Waals surface area contributed by atoms with Crippen molar-refractivity contribution in [1.29, 1.82) is 0 Å². The van der Waals surface area contributed by atoms with Gasteiger partial charge in [-0.25, -0.2) is 0 Å². The largest absolute Gasteiger partial charge is 0.311 e. The van der Waals surface area contributed by atoms with Gasteiger partial charge in [-0.1, -0.05) is 0 Å². The number of rotatable bonds is 5. The second kappa shape index (κ2) is 4.87. The molecule has 0 amide bonds. The Hall–Kier alpha value is -0.120. The molecule has 1 saturated carbocycles. The fraction of sp³-hybridized carbons (Fsp3) is 1.00. The maximum absolute atomic E-state index is 3.83. The lowest BCUT2D eigenvalue weighted by Crippen LogP contribution is -2.57. The Bertz CT molecular complexity index is 256. The Labute approximate surface area is 106 Å². The topological polar surface area (TPSA) is 18.5 Å². The summed E-state index contributed by atoms with van der Waals surface area (Å²) in [5, 5.41) is 3.83. The van der Waals surface area contributed by atoms with Crippen LogP contribution in [0.2, 0.25) is 0 Å². The molecule has 3 nitrogen and oxygen atoms in total. The molecule has 1 aliphatic carbocycles. The molecular formula is C14H27N3. The first-order chi connectivity index (χ1) is 8.24. The molecule has 4 fully saturated rings. The Balaban J connectivity index is 1.44. The molecule has 2 unspecified atom stereocenters. The van der Waals surface area contributed by atoms with Gasteiger partial charge in [0.15, 0.2) is 0 Å². The van der Waals surface area contributed by atoms with E-state index in [0.29, 0.717) is 6.04 Å². The highest BCUT2D eigenvalue weighted by Gasteiger charge is 2.34. The Morgan fingerprint density at radius 1 is 1.24 bits per heavy atom. The van der Waals surface area contributed by atoms with E-state index in [-0.39, 0.29) is 0 Å². The molecule has 3 heterocycles. The van der Waals surface area contributed by atoms with Gasteiger partial charge in [0.05, 0.1) is 0 Å². The molecular weight excluding hydrogens is 210 g/mol. The number of nitrogens with one attached hydrogen (secondary N) is 1. The van der Waals surface area contributed by atoms with Crippen molar-refractivity contribution in [2.24, 2.45) is 5.92 Å². The number of hydrogen-bond acceptors (Lipinski definition) is 3. The van der Waals surface area contributed by atoms with Crippen LogP contribution in [0.25, 0.3) is 0 Å². The van der Waals surface area contributed by atoms with Crippen molar-refractivity contribution >= 4 is 0 Å². The van der Waals surface area contributed by atoms with E-state index in [9.17, 15) is 0 Å². The molecule has 0 aromatic rings. The zero-order valence-electron chi connectivity index (χ0n) is 11.4. The van der Waals surface area contributed by atoms with Crippen LogP contribution in [0.1, 0.15) is 32.6 Å². The molecule has 0 radical (unpaired) electrons. The molecule has 17 heavy (non-hydrogen) atoms. The van der Waals surface area contributed by atoms with Crippen LogP contribution in [0, 0.1) is 5.92 Å². The van der Waals surface area contributed by atoms with Crippen LogP contribution < -0.4 is 5.32 Å². The Morgan fingerprint density at radius 2 is 1.94 bits per heavy atom. The third kappa shape index (κ3) is 2.67. The second-order valence-corrected chi connectivity index (χ2v) is 6.40. The van der Waals surface area contributed by atoms with Gasteiger partial charge in [0.25, 0.3) is 0 Å². The molecule has 98 valence electrons. The predicted molar refractivity (Wildman–Crippen MR) is 71.2 cm³/mol. The van der Waals surface area contributed by atoms with E-state index < -0.39 is 0 Å². The minimum atomic E-state index is 0.693. The van der Waals surface area contributed by atoms with Gasteiger partial charge in [-0.15, -0.1) is 0 Å². The third-order valence-electron chi connectivity index (χ3n) is 5.15.